The summed E-state index contributed by atoms with van der Waals surface area (Å²) < 4.78 is 16.3. The fraction of sp³-hybridized carbons (Fsp3) is 0.182. The number of benzene rings is 2. The smallest absolute Gasteiger partial charge is 0.273 e. The number of carbonyl (C=O) groups excluding carboxylic acids is 1. The molecule has 4 rings (SSSR count). The summed E-state index contributed by atoms with van der Waals surface area (Å²) in [6.45, 7) is 2.03. The maximum absolute atomic E-state index is 12.9. The number of aromatic amines is 1. The number of fused-ring (bicyclic) bond motifs is 1. The molecule has 2 aromatic carbocycles. The number of hydrogen-bond acceptors (Lipinski definition) is 6. The lowest BCUT2D eigenvalue weighted by Gasteiger charge is -2.11. The Labute approximate surface area is 177 Å². The summed E-state index contributed by atoms with van der Waals surface area (Å²) in [6, 6.07) is 11.5. The molecule has 2 heterocycles. The Kier molecular flexibility index (Phi) is 5.33. The average Bonchev–Trinajstić information content (AvgIpc) is 3.40. The lowest BCUT2D eigenvalue weighted by atomic mass is 10.1. The van der Waals surface area contributed by atoms with E-state index in [2.05, 4.69) is 15.3 Å². The van der Waals surface area contributed by atoms with Gasteiger partial charge in [-0.3, -0.25) is 10.1 Å². The molecule has 0 saturated carbocycles. The van der Waals surface area contributed by atoms with Gasteiger partial charge in [0.25, 0.3) is 5.91 Å². The van der Waals surface area contributed by atoms with Gasteiger partial charge in [-0.2, -0.15) is 0 Å². The van der Waals surface area contributed by atoms with Crippen LogP contribution in [0.25, 0.3) is 22.2 Å². The first-order valence-electron chi connectivity index (χ1n) is 9.20. The molecule has 0 aliphatic rings. The molecule has 2 aromatic heterocycles. The van der Waals surface area contributed by atoms with Gasteiger partial charge < -0.3 is 19.2 Å². The van der Waals surface area contributed by atoms with E-state index in [0.29, 0.717) is 33.6 Å². The normalized spacial score (nSPS) is 10.8. The molecule has 0 aliphatic carbocycles. The number of aromatic nitrogens is 2. The van der Waals surface area contributed by atoms with Crippen molar-refractivity contribution in [2.24, 2.45) is 0 Å². The number of nitrogens with one attached hydrogen (secondary N) is 2. The molecule has 0 spiro atoms. The number of ether oxygens (including phenoxy) is 3. The molecular formula is C22H21N3O4S. The zero-order chi connectivity index (χ0) is 21.3. The molecule has 1 amide bonds. The van der Waals surface area contributed by atoms with Crippen molar-refractivity contribution in [2.75, 3.05) is 26.6 Å². The third kappa shape index (κ3) is 3.46. The maximum Gasteiger partial charge on any atom is 0.273 e. The zero-order valence-corrected chi connectivity index (χ0v) is 17.8. The van der Waals surface area contributed by atoms with E-state index in [9.17, 15) is 4.79 Å². The molecule has 0 unspecified atom stereocenters. The zero-order valence-electron chi connectivity index (χ0n) is 17.0. The molecule has 8 heteroatoms. The van der Waals surface area contributed by atoms with E-state index in [-0.39, 0.29) is 5.91 Å². The van der Waals surface area contributed by atoms with E-state index in [1.165, 1.54) is 11.3 Å². The predicted molar refractivity (Wildman–Crippen MR) is 118 cm³/mol. The first-order chi connectivity index (χ1) is 14.5. The predicted octanol–water partition coefficient (Wildman–Crippen LogP) is 4.88. The van der Waals surface area contributed by atoms with Crippen LogP contribution in [-0.2, 0) is 0 Å². The van der Waals surface area contributed by atoms with Crippen LogP contribution in [0.2, 0.25) is 0 Å². The van der Waals surface area contributed by atoms with E-state index < -0.39 is 0 Å². The molecule has 7 nitrogen and oxygen atoms in total. The molecule has 0 bridgehead atoms. The monoisotopic (exact) mass is 423 g/mol. The van der Waals surface area contributed by atoms with Crippen LogP contribution in [0.1, 0.15) is 16.1 Å². The average molecular weight is 423 g/mol. The summed E-state index contributed by atoms with van der Waals surface area (Å²) in [5.74, 6) is 1.29. The first kappa shape index (κ1) is 19.8. The Morgan fingerprint density at radius 2 is 1.83 bits per heavy atom. The third-order valence-corrected chi connectivity index (χ3v) is 5.59. The second kappa shape index (κ2) is 8.08. The van der Waals surface area contributed by atoms with Crippen LogP contribution >= 0.6 is 11.3 Å². The van der Waals surface area contributed by atoms with Crippen LogP contribution < -0.4 is 19.5 Å². The van der Waals surface area contributed by atoms with Gasteiger partial charge in [0.1, 0.15) is 11.4 Å². The molecular weight excluding hydrogens is 402 g/mol. The van der Waals surface area contributed by atoms with Crippen LogP contribution in [-0.4, -0.2) is 37.2 Å². The number of methoxy groups -OCH3 is 3. The molecule has 0 fully saturated rings. The van der Waals surface area contributed by atoms with Crippen molar-refractivity contribution in [3.05, 3.63) is 53.0 Å². The lowest BCUT2D eigenvalue weighted by Crippen LogP contribution is -2.12. The largest absolute Gasteiger partial charge is 0.496 e. The van der Waals surface area contributed by atoms with Crippen molar-refractivity contribution in [3.63, 3.8) is 0 Å². The molecule has 0 atom stereocenters. The fourth-order valence-corrected chi connectivity index (χ4v) is 4.04. The number of aryl methyl sites for hydroxylation is 1. The van der Waals surface area contributed by atoms with Gasteiger partial charge in [0, 0.05) is 22.4 Å². The maximum atomic E-state index is 12.9. The Bertz CT molecular complexity index is 1230. The highest BCUT2D eigenvalue weighted by atomic mass is 32.1. The second-order valence-corrected chi connectivity index (χ2v) is 7.45. The number of hydrogen-bond donors (Lipinski definition) is 2. The van der Waals surface area contributed by atoms with E-state index in [1.807, 2.05) is 36.6 Å². The molecule has 4 aromatic rings. The summed E-state index contributed by atoms with van der Waals surface area (Å²) in [7, 11) is 4.66. The Morgan fingerprint density at radius 3 is 2.53 bits per heavy atom. The van der Waals surface area contributed by atoms with E-state index >= 15 is 0 Å². The summed E-state index contributed by atoms with van der Waals surface area (Å²) in [5.41, 5.74) is 3.99. The van der Waals surface area contributed by atoms with Gasteiger partial charge in [0.2, 0.25) is 0 Å². The van der Waals surface area contributed by atoms with Gasteiger partial charge in [-0.25, -0.2) is 4.98 Å². The molecule has 0 radical (unpaired) electrons. The number of H-pyrrole nitrogens is 1. The minimum absolute atomic E-state index is 0.306. The Hall–Kier alpha value is -3.52. The molecule has 0 aliphatic heterocycles. The van der Waals surface area contributed by atoms with Crippen molar-refractivity contribution in [2.45, 2.75) is 6.92 Å². The highest BCUT2D eigenvalue weighted by molar-refractivity contribution is 7.14. The van der Waals surface area contributed by atoms with Gasteiger partial charge in [0.05, 0.1) is 32.5 Å². The van der Waals surface area contributed by atoms with Gasteiger partial charge in [-0.1, -0.05) is 24.3 Å². The summed E-state index contributed by atoms with van der Waals surface area (Å²) in [4.78, 5) is 20.5. The number of amides is 1. The molecule has 0 saturated heterocycles. The number of thiazole rings is 1. The van der Waals surface area contributed by atoms with Crippen LogP contribution in [0, 0.1) is 6.92 Å². The lowest BCUT2D eigenvalue weighted by molar-refractivity contribution is 0.102. The highest BCUT2D eigenvalue weighted by Crippen LogP contribution is 2.41. The minimum atomic E-state index is -0.306. The quantitative estimate of drug-likeness (QED) is 0.462. The summed E-state index contributed by atoms with van der Waals surface area (Å²) in [5, 5.41) is 6.03. The van der Waals surface area contributed by atoms with Crippen LogP contribution in [0.5, 0.6) is 17.2 Å². The number of anilines is 1. The van der Waals surface area contributed by atoms with E-state index in [1.54, 1.807) is 33.5 Å². The fourth-order valence-electron chi connectivity index (χ4n) is 3.34. The topological polar surface area (TPSA) is 85.5 Å². The summed E-state index contributed by atoms with van der Waals surface area (Å²) in [6.07, 6.45) is 0. The van der Waals surface area contributed by atoms with E-state index in [0.717, 1.165) is 22.2 Å². The number of nitrogens with zero attached hydrogens (tertiary/aromatic N) is 1. The third-order valence-electron chi connectivity index (χ3n) is 4.83. The standard InChI is InChI=1S/C22H21N3O4S/c1-12-7-5-6-8-13(12)16-11-30-22(24-16)25-21(26)15-9-14-17(27-2)10-18(28-3)20(29-4)19(14)23-15/h5-11,23H,1-4H3,(H,24,25,26). The molecule has 30 heavy (non-hydrogen) atoms. The van der Waals surface area contributed by atoms with Crippen LogP contribution in [0.3, 0.4) is 0 Å². The minimum Gasteiger partial charge on any atom is -0.496 e. The second-order valence-electron chi connectivity index (χ2n) is 6.59. The number of rotatable bonds is 6. The Morgan fingerprint density at radius 1 is 1.07 bits per heavy atom. The van der Waals surface area contributed by atoms with Gasteiger partial charge in [0.15, 0.2) is 16.6 Å². The SMILES string of the molecule is COc1cc(OC)c2cc(C(=O)Nc3nc(-c4ccccc4C)cs3)[nH]c2c1OC. The van der Waals surface area contributed by atoms with Crippen molar-refractivity contribution in [3.8, 4) is 28.5 Å². The van der Waals surface area contributed by atoms with E-state index in [4.69, 9.17) is 14.2 Å². The van der Waals surface area contributed by atoms with Crippen LogP contribution in [0.15, 0.2) is 41.8 Å². The molecule has 154 valence electrons. The van der Waals surface area contributed by atoms with Crippen molar-refractivity contribution in [1.82, 2.24) is 9.97 Å². The van der Waals surface area contributed by atoms with Crippen molar-refractivity contribution in [1.29, 1.82) is 0 Å². The highest BCUT2D eigenvalue weighted by Gasteiger charge is 2.20. The number of carbonyl (C=O) groups is 1. The van der Waals surface area contributed by atoms with Crippen molar-refractivity contribution < 1.29 is 19.0 Å². The first-order valence-corrected chi connectivity index (χ1v) is 10.1. The van der Waals surface area contributed by atoms with Gasteiger partial charge >= 0.3 is 0 Å². The Balaban J connectivity index is 1.65. The van der Waals surface area contributed by atoms with Crippen LogP contribution in [0.4, 0.5) is 5.13 Å². The summed E-state index contributed by atoms with van der Waals surface area (Å²) >= 11 is 1.38. The van der Waals surface area contributed by atoms with Crippen molar-refractivity contribution >= 4 is 33.3 Å². The van der Waals surface area contributed by atoms with Gasteiger partial charge in [-0.15, -0.1) is 11.3 Å². The molecule has 2 N–H and O–H groups in total. The van der Waals surface area contributed by atoms with Gasteiger partial charge in [-0.05, 0) is 18.6 Å².